The summed E-state index contributed by atoms with van der Waals surface area (Å²) in [4.78, 5) is 27.0. The minimum absolute atomic E-state index is 0.0257. The van der Waals surface area contributed by atoms with E-state index in [4.69, 9.17) is 14.9 Å². The van der Waals surface area contributed by atoms with Crippen LogP contribution in [0.15, 0.2) is 109 Å². The van der Waals surface area contributed by atoms with E-state index < -0.39 is 0 Å². The van der Waals surface area contributed by atoms with Gasteiger partial charge in [-0.15, -0.1) is 0 Å². The van der Waals surface area contributed by atoms with E-state index in [0.29, 0.717) is 26.2 Å². The molecule has 2 aliphatic rings. The summed E-state index contributed by atoms with van der Waals surface area (Å²) in [6.45, 7) is 3.86. The maximum Gasteiger partial charge on any atom is 0.269 e. The van der Waals surface area contributed by atoms with Gasteiger partial charge < -0.3 is 4.74 Å². The van der Waals surface area contributed by atoms with E-state index >= 15 is 0 Å². The first-order chi connectivity index (χ1) is 24.9. The van der Waals surface area contributed by atoms with E-state index in [9.17, 15) is 20.2 Å². The molecule has 260 valence electrons. The lowest BCUT2D eigenvalue weighted by Gasteiger charge is -2.43. The molecule has 0 bridgehead atoms. The molecule has 2 saturated heterocycles. The Bertz CT molecular complexity index is 2050. The number of piperidine rings is 2. The molecule has 6 aromatic rings. The van der Waals surface area contributed by atoms with E-state index in [0.717, 1.165) is 58.9 Å². The van der Waals surface area contributed by atoms with Crippen molar-refractivity contribution in [1.29, 1.82) is 0 Å². The number of non-ortho nitro benzene ring substituents is 2. The quantitative estimate of drug-likeness (QED) is 0.116. The number of fused-ring (bicyclic) bond motifs is 2. The smallest absolute Gasteiger partial charge is 0.269 e. The number of likely N-dealkylation sites (tertiary alicyclic amines) is 2. The van der Waals surface area contributed by atoms with Crippen molar-refractivity contribution in [2.75, 3.05) is 26.2 Å². The lowest BCUT2D eigenvalue weighted by molar-refractivity contribution is -0.385. The molecular formula is C38H38N8O5. The standard InChI is InChI=1S/C38H38N8O5/c47-45(48)31-11-5-7-27(15-31)21-41-23-33(43-37-13-3-1-9-29(37)19-39-43)17-35(25-41)51-36-18-34(44-38-14-4-2-10-30(38)20-40-44)24-42(26-36)22-28-8-6-12-32(16-28)46(49)50/h1-16,19-20,33-36H,17-18,21-26H2. The average Bonchev–Trinajstić information content (AvgIpc) is 3.77. The number of nitrogens with zero attached hydrogens (tertiary/aromatic N) is 8. The number of nitro groups is 2. The highest BCUT2D eigenvalue weighted by molar-refractivity contribution is 5.79. The molecule has 13 heteroatoms. The highest BCUT2D eigenvalue weighted by Gasteiger charge is 2.36. The number of hydrogen-bond donors (Lipinski definition) is 0. The van der Waals surface area contributed by atoms with Crippen LogP contribution in [0.5, 0.6) is 0 Å². The molecule has 51 heavy (non-hydrogen) atoms. The van der Waals surface area contributed by atoms with Gasteiger partial charge in [0, 0.05) is 74.3 Å². The zero-order valence-electron chi connectivity index (χ0n) is 28.0. The summed E-state index contributed by atoms with van der Waals surface area (Å²) >= 11 is 0. The van der Waals surface area contributed by atoms with Crippen molar-refractivity contribution in [2.24, 2.45) is 0 Å². The zero-order chi connectivity index (χ0) is 34.9. The number of benzene rings is 4. The van der Waals surface area contributed by atoms with Gasteiger partial charge in [0.15, 0.2) is 0 Å². The topological polar surface area (TPSA) is 138 Å². The van der Waals surface area contributed by atoms with Crippen LogP contribution >= 0.6 is 0 Å². The van der Waals surface area contributed by atoms with Gasteiger partial charge >= 0.3 is 0 Å². The molecule has 4 atom stereocenters. The van der Waals surface area contributed by atoms with E-state index in [1.807, 2.05) is 48.8 Å². The Morgan fingerprint density at radius 3 is 1.51 bits per heavy atom. The van der Waals surface area contributed by atoms with Gasteiger partial charge in [0.05, 0.1) is 57.6 Å². The number of rotatable bonds is 10. The number of nitro benzene ring substituents is 2. The first kappa shape index (κ1) is 32.7. The minimum atomic E-state index is -0.355. The van der Waals surface area contributed by atoms with E-state index in [2.05, 4.69) is 43.4 Å². The third-order valence-electron chi connectivity index (χ3n) is 10.1. The fraction of sp³-hybridized carbons (Fsp3) is 0.316. The van der Waals surface area contributed by atoms with Gasteiger partial charge in [0.25, 0.3) is 11.4 Å². The SMILES string of the molecule is O=[N+]([O-])c1cccc(CN2CC(OC3CC(n4ncc5ccccc54)CN(Cc4cccc([N+](=O)[O-])c4)C3)CC(n3ncc4ccccc43)C2)c1. The van der Waals surface area contributed by atoms with Crippen LogP contribution in [0.25, 0.3) is 21.8 Å². The molecule has 8 rings (SSSR count). The zero-order valence-corrected chi connectivity index (χ0v) is 28.0. The highest BCUT2D eigenvalue weighted by atomic mass is 16.6. The summed E-state index contributed by atoms with van der Waals surface area (Å²) in [5, 5.41) is 34.9. The second-order valence-corrected chi connectivity index (χ2v) is 13.7. The maximum absolute atomic E-state index is 11.5. The third kappa shape index (κ3) is 7.09. The molecule has 0 aliphatic carbocycles. The highest BCUT2D eigenvalue weighted by Crippen LogP contribution is 2.33. The molecule has 2 aromatic heterocycles. The Morgan fingerprint density at radius 1 is 0.608 bits per heavy atom. The van der Waals surface area contributed by atoms with E-state index in [1.165, 1.54) is 12.1 Å². The average molecular weight is 687 g/mol. The minimum Gasteiger partial charge on any atom is -0.372 e. The van der Waals surface area contributed by atoms with Crippen molar-refractivity contribution in [2.45, 2.75) is 50.2 Å². The van der Waals surface area contributed by atoms with Gasteiger partial charge in [-0.3, -0.25) is 39.4 Å². The van der Waals surface area contributed by atoms with Crippen LogP contribution in [0, 0.1) is 20.2 Å². The van der Waals surface area contributed by atoms with Crippen LogP contribution in [0.4, 0.5) is 11.4 Å². The van der Waals surface area contributed by atoms with Crippen LogP contribution in [0.1, 0.15) is 36.1 Å². The monoisotopic (exact) mass is 686 g/mol. The number of para-hydroxylation sites is 2. The van der Waals surface area contributed by atoms with Gasteiger partial charge in [0.1, 0.15) is 0 Å². The second kappa shape index (κ2) is 14.0. The molecule has 2 aliphatic heterocycles. The molecule has 0 radical (unpaired) electrons. The molecule has 4 heterocycles. The molecule has 4 aromatic carbocycles. The molecular weight excluding hydrogens is 648 g/mol. The Kier molecular flexibility index (Phi) is 8.99. The summed E-state index contributed by atoms with van der Waals surface area (Å²) in [5.74, 6) is 0. The number of ether oxygens (including phenoxy) is 1. The molecule has 13 nitrogen and oxygen atoms in total. The van der Waals surface area contributed by atoms with Crippen molar-refractivity contribution in [3.05, 3.63) is 141 Å². The van der Waals surface area contributed by atoms with Crippen LogP contribution in [-0.4, -0.2) is 77.6 Å². The van der Waals surface area contributed by atoms with E-state index in [-0.39, 0.29) is 45.5 Å². The molecule has 0 amide bonds. The summed E-state index contributed by atoms with van der Waals surface area (Å²) in [7, 11) is 0. The summed E-state index contributed by atoms with van der Waals surface area (Å²) in [6, 6.07) is 30.1. The summed E-state index contributed by atoms with van der Waals surface area (Å²) in [6.07, 6.45) is 5.04. The van der Waals surface area contributed by atoms with Gasteiger partial charge in [-0.25, -0.2) is 0 Å². The van der Waals surface area contributed by atoms with Crippen molar-refractivity contribution in [3.63, 3.8) is 0 Å². The first-order valence-corrected chi connectivity index (χ1v) is 17.3. The van der Waals surface area contributed by atoms with Crippen LogP contribution in [-0.2, 0) is 17.8 Å². The lowest BCUT2D eigenvalue weighted by Crippen LogP contribution is -2.50. The summed E-state index contributed by atoms with van der Waals surface area (Å²) < 4.78 is 11.3. The van der Waals surface area contributed by atoms with Crippen molar-refractivity contribution in [3.8, 4) is 0 Å². The Balaban J connectivity index is 1.08. The fourth-order valence-electron chi connectivity index (χ4n) is 7.93. The molecule has 0 saturated carbocycles. The van der Waals surface area contributed by atoms with Crippen LogP contribution in [0.3, 0.4) is 0 Å². The van der Waals surface area contributed by atoms with Crippen molar-refractivity contribution >= 4 is 33.2 Å². The molecule has 0 spiro atoms. The van der Waals surface area contributed by atoms with Crippen LogP contribution in [0.2, 0.25) is 0 Å². The normalized spacial score (nSPS) is 21.6. The third-order valence-corrected chi connectivity index (χ3v) is 10.1. The molecule has 2 fully saturated rings. The largest absolute Gasteiger partial charge is 0.372 e. The molecule has 4 unspecified atom stereocenters. The van der Waals surface area contributed by atoms with Gasteiger partial charge in [-0.2, -0.15) is 10.2 Å². The Hall–Kier alpha value is -5.50. The van der Waals surface area contributed by atoms with Crippen molar-refractivity contribution in [1.82, 2.24) is 29.4 Å². The predicted octanol–water partition coefficient (Wildman–Crippen LogP) is 6.55. The van der Waals surface area contributed by atoms with Crippen molar-refractivity contribution < 1.29 is 14.6 Å². The Labute approximate surface area is 293 Å². The second-order valence-electron chi connectivity index (χ2n) is 13.7. The van der Waals surface area contributed by atoms with Gasteiger partial charge in [-0.05, 0) is 36.1 Å². The fourth-order valence-corrected chi connectivity index (χ4v) is 7.93. The van der Waals surface area contributed by atoms with Gasteiger partial charge in [0.2, 0.25) is 0 Å². The Morgan fingerprint density at radius 2 is 1.06 bits per heavy atom. The summed E-state index contributed by atoms with van der Waals surface area (Å²) in [5.41, 5.74) is 4.03. The maximum atomic E-state index is 11.5. The number of hydrogen-bond acceptors (Lipinski definition) is 9. The first-order valence-electron chi connectivity index (χ1n) is 17.3. The van der Waals surface area contributed by atoms with E-state index in [1.54, 1.807) is 24.3 Å². The lowest BCUT2D eigenvalue weighted by atomic mass is 9.99. The molecule has 0 N–H and O–H groups in total. The predicted molar refractivity (Wildman–Crippen MR) is 192 cm³/mol. The van der Waals surface area contributed by atoms with Gasteiger partial charge in [-0.1, -0.05) is 60.7 Å². The number of aromatic nitrogens is 4. The van der Waals surface area contributed by atoms with Crippen LogP contribution < -0.4 is 0 Å².